The zero-order valence-corrected chi connectivity index (χ0v) is 17.3. The maximum Gasteiger partial charge on any atom is 0.258 e. The molecule has 0 unspecified atom stereocenters. The first-order chi connectivity index (χ1) is 14.3. The van der Waals surface area contributed by atoms with Crippen molar-refractivity contribution in [2.75, 3.05) is 0 Å². The van der Waals surface area contributed by atoms with E-state index in [0.29, 0.717) is 0 Å². The summed E-state index contributed by atoms with van der Waals surface area (Å²) in [6, 6.07) is 19.1. The molecular formula is C25H24N2OS. The molecule has 2 aromatic carbocycles. The molecule has 0 bridgehead atoms. The van der Waals surface area contributed by atoms with Gasteiger partial charge < -0.3 is 0 Å². The average molecular weight is 401 g/mol. The molecule has 146 valence electrons. The van der Waals surface area contributed by atoms with Crippen LogP contribution in [0.3, 0.4) is 0 Å². The maximum absolute atomic E-state index is 13.9. The second-order valence-electron chi connectivity index (χ2n) is 8.73. The fraction of sp³-hybridized carbons (Fsp3) is 0.360. The Bertz CT molecular complexity index is 1150. The molecule has 1 atom stereocenters. The highest BCUT2D eigenvalue weighted by molar-refractivity contribution is 7.99. The van der Waals surface area contributed by atoms with Gasteiger partial charge in [0, 0.05) is 17.5 Å². The number of thioether (sulfide) groups is 1. The molecule has 29 heavy (non-hydrogen) atoms. The van der Waals surface area contributed by atoms with E-state index in [1.165, 1.54) is 36.0 Å². The van der Waals surface area contributed by atoms with E-state index in [2.05, 4.69) is 48.5 Å². The SMILES string of the molecule is O=c1c2c(nc3n1C[C@@H](c1ccccc1)S3)-c1ccccc1CC21CCCCC1. The molecule has 0 N–H and O–H groups in total. The Morgan fingerprint density at radius 3 is 2.55 bits per heavy atom. The van der Waals surface area contributed by atoms with Crippen molar-refractivity contribution < 1.29 is 0 Å². The lowest BCUT2D eigenvalue weighted by molar-refractivity contribution is 0.282. The van der Waals surface area contributed by atoms with Crippen LogP contribution in [0.25, 0.3) is 11.3 Å². The van der Waals surface area contributed by atoms with Crippen LogP contribution in [-0.4, -0.2) is 9.55 Å². The highest BCUT2D eigenvalue weighted by atomic mass is 32.2. The minimum Gasteiger partial charge on any atom is -0.286 e. The second kappa shape index (κ2) is 6.60. The fourth-order valence-corrected chi connectivity index (χ4v) is 6.84. The Balaban J connectivity index is 1.54. The molecule has 6 rings (SSSR count). The van der Waals surface area contributed by atoms with E-state index in [1.54, 1.807) is 11.8 Å². The van der Waals surface area contributed by atoms with E-state index < -0.39 is 0 Å². The summed E-state index contributed by atoms with van der Waals surface area (Å²) in [5.74, 6) is 0. The fourth-order valence-electron chi connectivity index (χ4n) is 5.64. The van der Waals surface area contributed by atoms with Crippen LogP contribution in [0.2, 0.25) is 0 Å². The van der Waals surface area contributed by atoms with Gasteiger partial charge in [-0.1, -0.05) is 85.6 Å². The Labute approximate surface area is 175 Å². The molecule has 0 amide bonds. The Hall–Kier alpha value is -2.33. The van der Waals surface area contributed by atoms with Crippen LogP contribution >= 0.6 is 11.8 Å². The van der Waals surface area contributed by atoms with E-state index in [-0.39, 0.29) is 16.2 Å². The molecule has 3 aliphatic rings. The molecule has 0 radical (unpaired) electrons. The van der Waals surface area contributed by atoms with E-state index >= 15 is 0 Å². The van der Waals surface area contributed by atoms with E-state index in [0.717, 1.165) is 42.2 Å². The van der Waals surface area contributed by atoms with Crippen molar-refractivity contribution in [3.8, 4) is 11.3 Å². The van der Waals surface area contributed by atoms with Gasteiger partial charge in [0.15, 0.2) is 5.16 Å². The molecule has 1 aromatic heterocycles. The predicted molar refractivity (Wildman–Crippen MR) is 117 cm³/mol. The van der Waals surface area contributed by atoms with Gasteiger partial charge in [0.05, 0.1) is 16.5 Å². The number of hydrogen-bond acceptors (Lipinski definition) is 3. The molecule has 2 aliphatic carbocycles. The molecular weight excluding hydrogens is 376 g/mol. The third-order valence-electron chi connectivity index (χ3n) is 7.04. The number of fused-ring (bicyclic) bond motifs is 5. The van der Waals surface area contributed by atoms with Crippen LogP contribution in [0.4, 0.5) is 0 Å². The zero-order chi connectivity index (χ0) is 19.4. The number of hydrogen-bond donors (Lipinski definition) is 0. The topological polar surface area (TPSA) is 34.9 Å². The van der Waals surface area contributed by atoms with Gasteiger partial charge in [0.1, 0.15) is 0 Å². The highest BCUT2D eigenvalue weighted by Gasteiger charge is 2.44. The monoisotopic (exact) mass is 400 g/mol. The lowest BCUT2D eigenvalue weighted by Gasteiger charge is -2.41. The van der Waals surface area contributed by atoms with Crippen LogP contribution in [0.1, 0.15) is 54.0 Å². The summed E-state index contributed by atoms with van der Waals surface area (Å²) in [7, 11) is 0. The summed E-state index contributed by atoms with van der Waals surface area (Å²) >= 11 is 1.74. The van der Waals surface area contributed by atoms with Crippen molar-refractivity contribution in [2.45, 2.75) is 60.9 Å². The standard InChI is InChI=1S/C25H24N2OS/c28-23-21-22(26-24-27(23)16-20(29-24)17-9-3-1-4-10-17)19-12-6-5-11-18(19)15-25(21)13-7-2-8-14-25/h1,3-6,9-12,20H,2,7-8,13-16H2/t20-/m0/s1. The Kier molecular flexibility index (Phi) is 3.98. The van der Waals surface area contributed by atoms with Gasteiger partial charge in [-0.25, -0.2) is 4.98 Å². The number of nitrogens with zero attached hydrogens (tertiary/aromatic N) is 2. The van der Waals surface area contributed by atoms with Crippen molar-refractivity contribution in [1.29, 1.82) is 0 Å². The van der Waals surface area contributed by atoms with E-state index in [4.69, 9.17) is 4.98 Å². The lowest BCUT2D eigenvalue weighted by atomic mass is 9.62. The number of rotatable bonds is 1. The first-order valence-electron chi connectivity index (χ1n) is 10.7. The third kappa shape index (κ3) is 2.65. The molecule has 3 nitrogen and oxygen atoms in total. The lowest BCUT2D eigenvalue weighted by Crippen LogP contribution is -2.42. The van der Waals surface area contributed by atoms with Crippen LogP contribution < -0.4 is 5.56 Å². The molecule has 0 saturated heterocycles. The highest BCUT2D eigenvalue weighted by Crippen LogP contribution is 2.50. The van der Waals surface area contributed by atoms with Crippen molar-refractivity contribution in [3.63, 3.8) is 0 Å². The molecule has 1 fully saturated rings. The number of aromatic nitrogens is 2. The third-order valence-corrected chi connectivity index (χ3v) is 8.27. The Morgan fingerprint density at radius 2 is 1.72 bits per heavy atom. The maximum atomic E-state index is 13.9. The summed E-state index contributed by atoms with van der Waals surface area (Å²) in [6.07, 6.45) is 6.92. The summed E-state index contributed by atoms with van der Waals surface area (Å²) in [4.78, 5) is 19.0. The van der Waals surface area contributed by atoms with Gasteiger partial charge in [-0.15, -0.1) is 0 Å². The minimum atomic E-state index is -0.0243. The summed E-state index contributed by atoms with van der Waals surface area (Å²) in [5, 5.41) is 1.14. The minimum absolute atomic E-state index is 0.0243. The average Bonchev–Trinajstić information content (AvgIpc) is 3.20. The van der Waals surface area contributed by atoms with Gasteiger partial charge in [-0.05, 0) is 30.4 Å². The van der Waals surface area contributed by atoms with Crippen LogP contribution in [0.15, 0.2) is 64.5 Å². The van der Waals surface area contributed by atoms with E-state index in [9.17, 15) is 4.79 Å². The molecule has 1 aliphatic heterocycles. The van der Waals surface area contributed by atoms with Crippen LogP contribution in [-0.2, 0) is 18.4 Å². The summed E-state index contributed by atoms with van der Waals surface area (Å²) < 4.78 is 1.96. The molecule has 1 saturated carbocycles. The molecule has 3 aromatic rings. The second-order valence-corrected chi connectivity index (χ2v) is 9.90. The van der Waals surface area contributed by atoms with Gasteiger partial charge in [0.2, 0.25) is 0 Å². The van der Waals surface area contributed by atoms with Crippen molar-refractivity contribution in [1.82, 2.24) is 9.55 Å². The smallest absolute Gasteiger partial charge is 0.258 e. The molecule has 1 spiro atoms. The molecule has 2 heterocycles. The van der Waals surface area contributed by atoms with Gasteiger partial charge in [0.25, 0.3) is 5.56 Å². The van der Waals surface area contributed by atoms with Crippen molar-refractivity contribution in [3.05, 3.63) is 81.6 Å². The first-order valence-corrected chi connectivity index (χ1v) is 11.6. The van der Waals surface area contributed by atoms with Gasteiger partial charge >= 0.3 is 0 Å². The van der Waals surface area contributed by atoms with Crippen molar-refractivity contribution in [2.24, 2.45) is 0 Å². The van der Waals surface area contributed by atoms with Crippen LogP contribution in [0, 0.1) is 0 Å². The summed E-state index contributed by atoms with van der Waals surface area (Å²) in [6.45, 7) is 0.723. The Morgan fingerprint density at radius 1 is 0.966 bits per heavy atom. The van der Waals surface area contributed by atoms with Crippen LogP contribution in [0.5, 0.6) is 0 Å². The van der Waals surface area contributed by atoms with E-state index in [1.807, 2.05) is 10.6 Å². The quantitative estimate of drug-likeness (QED) is 0.505. The normalized spacial score (nSPS) is 21.4. The van der Waals surface area contributed by atoms with Gasteiger partial charge in [-0.3, -0.25) is 9.36 Å². The first kappa shape index (κ1) is 17.5. The number of benzene rings is 2. The zero-order valence-electron chi connectivity index (χ0n) is 16.4. The predicted octanol–water partition coefficient (Wildman–Crippen LogP) is 5.52. The summed E-state index contributed by atoms with van der Waals surface area (Å²) in [5.41, 5.74) is 5.97. The largest absolute Gasteiger partial charge is 0.286 e. The molecule has 4 heteroatoms. The van der Waals surface area contributed by atoms with Crippen molar-refractivity contribution >= 4 is 11.8 Å². The van der Waals surface area contributed by atoms with Gasteiger partial charge in [-0.2, -0.15) is 0 Å².